The number of esters is 1. The lowest BCUT2D eigenvalue weighted by Crippen LogP contribution is -2.46. The molecule has 1 saturated heterocycles. The average molecular weight is 553 g/mol. The third kappa shape index (κ3) is 6.29. The van der Waals surface area contributed by atoms with Gasteiger partial charge in [-0.2, -0.15) is 14.8 Å². The molecule has 0 aliphatic carbocycles. The monoisotopic (exact) mass is 552 g/mol. The first-order valence-corrected chi connectivity index (χ1v) is 14.6. The predicted molar refractivity (Wildman–Crippen MR) is 145 cm³/mol. The molecule has 4 rings (SSSR count). The second-order valence-electron chi connectivity index (χ2n) is 8.68. The molecule has 0 N–H and O–H groups in total. The van der Waals surface area contributed by atoms with Gasteiger partial charge in [-0.1, -0.05) is 18.3 Å². The van der Waals surface area contributed by atoms with E-state index in [0.717, 1.165) is 52.4 Å². The van der Waals surface area contributed by atoms with Crippen molar-refractivity contribution in [3.8, 4) is 17.9 Å². The van der Waals surface area contributed by atoms with Gasteiger partial charge in [0, 0.05) is 58.2 Å². The van der Waals surface area contributed by atoms with Crippen molar-refractivity contribution < 1.29 is 17.9 Å². The number of anilines is 1. The summed E-state index contributed by atoms with van der Waals surface area (Å²) in [6, 6.07) is 14.6. The van der Waals surface area contributed by atoms with Gasteiger partial charge in [0.1, 0.15) is 5.75 Å². The van der Waals surface area contributed by atoms with Gasteiger partial charge >= 0.3 is 5.97 Å². The fourth-order valence-corrected chi connectivity index (χ4v) is 6.61. The lowest BCUT2D eigenvalue weighted by molar-refractivity contribution is 0.0735. The summed E-state index contributed by atoms with van der Waals surface area (Å²) >= 11 is 1.56. The van der Waals surface area contributed by atoms with Crippen molar-refractivity contribution in [1.29, 1.82) is 10.5 Å². The second kappa shape index (κ2) is 12.3. The third-order valence-electron chi connectivity index (χ3n) is 6.32. The summed E-state index contributed by atoms with van der Waals surface area (Å²) in [5.74, 6) is -0.232. The van der Waals surface area contributed by atoms with Crippen LogP contribution in [0.4, 0.5) is 5.13 Å². The highest BCUT2D eigenvalue weighted by atomic mass is 32.2. The number of sulfonamides is 1. The summed E-state index contributed by atoms with van der Waals surface area (Å²) in [5, 5.41) is 18.6. The van der Waals surface area contributed by atoms with Crippen LogP contribution in [0.25, 0.3) is 10.2 Å². The Bertz CT molecular complexity index is 1450. The van der Waals surface area contributed by atoms with E-state index in [1.807, 2.05) is 18.2 Å². The fraction of sp³-hybridized carbons (Fsp3) is 0.385. The van der Waals surface area contributed by atoms with Crippen molar-refractivity contribution >= 4 is 42.7 Å². The van der Waals surface area contributed by atoms with Crippen molar-refractivity contribution in [2.75, 3.05) is 50.7 Å². The van der Waals surface area contributed by atoms with Gasteiger partial charge in [-0.3, -0.25) is 0 Å². The first-order valence-electron chi connectivity index (χ1n) is 12.3. The summed E-state index contributed by atoms with van der Waals surface area (Å²) in [6.07, 6.45) is 0.0202. The molecule has 2 heterocycles. The van der Waals surface area contributed by atoms with Gasteiger partial charge in [0.05, 0.1) is 32.8 Å². The molecule has 0 spiro atoms. The van der Waals surface area contributed by atoms with Gasteiger partial charge in [-0.25, -0.2) is 18.2 Å². The molecular formula is C26H28N6O4S2. The van der Waals surface area contributed by atoms with Crippen LogP contribution in [-0.4, -0.2) is 74.4 Å². The molecule has 1 aliphatic rings. The molecule has 1 aromatic heterocycles. The molecule has 12 heteroatoms. The zero-order valence-electron chi connectivity index (χ0n) is 21.0. The van der Waals surface area contributed by atoms with Gasteiger partial charge in [0.25, 0.3) is 0 Å². The molecule has 38 heavy (non-hydrogen) atoms. The Hall–Kier alpha value is -3.55. The van der Waals surface area contributed by atoms with E-state index < -0.39 is 16.0 Å². The maximum Gasteiger partial charge on any atom is 0.343 e. The van der Waals surface area contributed by atoms with Crippen LogP contribution in [0, 0.1) is 22.7 Å². The first kappa shape index (κ1) is 27.5. The van der Waals surface area contributed by atoms with E-state index in [-0.39, 0.29) is 36.4 Å². The molecule has 10 nitrogen and oxygen atoms in total. The number of benzene rings is 2. The average Bonchev–Trinajstić information content (AvgIpc) is 3.36. The molecule has 1 aliphatic heterocycles. The zero-order chi connectivity index (χ0) is 27.1. The maximum atomic E-state index is 13.0. The van der Waals surface area contributed by atoms with E-state index in [9.17, 15) is 13.2 Å². The highest BCUT2D eigenvalue weighted by Gasteiger charge is 2.24. The van der Waals surface area contributed by atoms with Crippen LogP contribution in [0.1, 0.15) is 30.1 Å². The smallest absolute Gasteiger partial charge is 0.343 e. The van der Waals surface area contributed by atoms with E-state index in [2.05, 4.69) is 16.7 Å². The number of nitrogens with zero attached hydrogens (tertiary/aromatic N) is 6. The number of likely N-dealkylation sites (N-methyl/N-ethyl adjacent to an activating group) is 1. The Kier molecular flexibility index (Phi) is 8.92. The number of hydrogen-bond acceptors (Lipinski definition) is 10. The van der Waals surface area contributed by atoms with Crippen LogP contribution >= 0.6 is 11.3 Å². The Morgan fingerprint density at radius 1 is 1.05 bits per heavy atom. The molecular weight excluding hydrogens is 524 g/mol. The van der Waals surface area contributed by atoms with Gasteiger partial charge in [0.15, 0.2) is 5.13 Å². The standard InChI is InChI=1S/C26H28N6O4S2/c1-2-30-15-17-31(18-16-30)26-29-23-10-7-21(19-24(23)37-26)36-25(33)20-5-8-22(9-6-20)38(34,35)32(13-3-11-27)14-4-12-28/h5-10,19H,2-4,13-18H2,1H3. The molecule has 0 radical (unpaired) electrons. The lowest BCUT2D eigenvalue weighted by Gasteiger charge is -2.33. The molecule has 0 amide bonds. The topological polar surface area (TPSA) is 131 Å². The normalized spacial score (nSPS) is 14.4. The van der Waals surface area contributed by atoms with E-state index in [1.165, 1.54) is 24.3 Å². The summed E-state index contributed by atoms with van der Waals surface area (Å²) in [6.45, 7) is 7.05. The first-order chi connectivity index (χ1) is 18.3. The van der Waals surface area contributed by atoms with Crippen molar-refractivity contribution in [2.24, 2.45) is 0 Å². The van der Waals surface area contributed by atoms with Gasteiger partial charge in [-0.05, 0) is 42.9 Å². The molecule has 0 unspecified atom stereocenters. The molecule has 3 aromatic rings. The molecule has 198 valence electrons. The maximum absolute atomic E-state index is 13.0. The van der Waals surface area contributed by atoms with E-state index in [1.54, 1.807) is 23.5 Å². The third-order valence-corrected chi connectivity index (χ3v) is 9.31. The number of fused-ring (bicyclic) bond motifs is 1. The SMILES string of the molecule is CCN1CCN(c2nc3ccc(OC(=O)c4ccc(S(=O)(=O)N(CCC#N)CCC#N)cc4)cc3s2)CC1. The van der Waals surface area contributed by atoms with E-state index >= 15 is 0 Å². The van der Waals surface area contributed by atoms with Crippen molar-refractivity contribution in [1.82, 2.24) is 14.2 Å². The lowest BCUT2D eigenvalue weighted by atomic mass is 10.2. The van der Waals surface area contributed by atoms with Crippen LogP contribution in [-0.2, 0) is 10.0 Å². The number of aromatic nitrogens is 1. The number of rotatable bonds is 10. The summed E-state index contributed by atoms with van der Waals surface area (Å²) in [4.78, 5) is 22.2. The Labute approximate surface area is 226 Å². The highest BCUT2D eigenvalue weighted by Crippen LogP contribution is 2.32. The number of carbonyl (C=O) groups is 1. The van der Waals surface area contributed by atoms with Crippen LogP contribution in [0.15, 0.2) is 47.4 Å². The number of piperazine rings is 1. The van der Waals surface area contributed by atoms with E-state index in [0.29, 0.717) is 5.75 Å². The predicted octanol–water partition coefficient (Wildman–Crippen LogP) is 3.48. The van der Waals surface area contributed by atoms with Crippen LogP contribution in [0.5, 0.6) is 5.75 Å². The van der Waals surface area contributed by atoms with Crippen LogP contribution < -0.4 is 9.64 Å². The molecule has 0 saturated carbocycles. The largest absolute Gasteiger partial charge is 0.423 e. The molecule has 2 aromatic carbocycles. The minimum atomic E-state index is -3.92. The Balaban J connectivity index is 1.44. The van der Waals surface area contributed by atoms with Gasteiger partial charge in [0.2, 0.25) is 10.0 Å². The Morgan fingerprint density at radius 3 is 2.32 bits per heavy atom. The molecule has 1 fully saturated rings. The fourth-order valence-electron chi connectivity index (χ4n) is 4.13. The van der Waals surface area contributed by atoms with Crippen molar-refractivity contribution in [2.45, 2.75) is 24.7 Å². The molecule has 0 atom stereocenters. The number of thiazole rings is 1. The quantitative estimate of drug-likeness (QED) is 0.274. The second-order valence-corrected chi connectivity index (χ2v) is 11.6. The summed E-state index contributed by atoms with van der Waals surface area (Å²) in [7, 11) is -3.92. The van der Waals surface area contributed by atoms with Crippen molar-refractivity contribution in [3.05, 3.63) is 48.0 Å². The number of hydrogen-bond donors (Lipinski definition) is 0. The van der Waals surface area contributed by atoms with E-state index in [4.69, 9.17) is 20.2 Å². The summed E-state index contributed by atoms with van der Waals surface area (Å²) < 4.78 is 33.5. The Morgan fingerprint density at radius 2 is 1.71 bits per heavy atom. The minimum Gasteiger partial charge on any atom is -0.423 e. The van der Waals surface area contributed by atoms with Crippen molar-refractivity contribution in [3.63, 3.8) is 0 Å². The zero-order valence-corrected chi connectivity index (χ0v) is 22.7. The number of carbonyl (C=O) groups excluding carboxylic acids is 1. The van der Waals surface area contributed by atoms with Gasteiger partial charge < -0.3 is 14.5 Å². The highest BCUT2D eigenvalue weighted by molar-refractivity contribution is 7.89. The van der Waals surface area contributed by atoms with Crippen LogP contribution in [0.2, 0.25) is 0 Å². The van der Waals surface area contributed by atoms with Gasteiger partial charge in [-0.15, -0.1) is 0 Å². The molecule has 0 bridgehead atoms. The number of ether oxygens (including phenoxy) is 1. The summed E-state index contributed by atoms with van der Waals surface area (Å²) in [5.41, 5.74) is 1.04. The minimum absolute atomic E-state index is 0.0101. The van der Waals surface area contributed by atoms with Crippen LogP contribution in [0.3, 0.4) is 0 Å². The number of nitriles is 2.